The fourth-order valence-electron chi connectivity index (χ4n) is 1.52. The molecule has 1 rings (SSSR count). The van der Waals surface area contributed by atoms with Crippen LogP contribution in [0.5, 0.6) is 0 Å². The lowest BCUT2D eigenvalue weighted by atomic mass is 10.2. The van der Waals surface area contributed by atoms with Gasteiger partial charge in [0, 0.05) is 13.6 Å². The molecule has 0 radical (unpaired) electrons. The maximum atomic E-state index is 11.8. The molecule has 2 nitrogen and oxygen atoms in total. The summed E-state index contributed by atoms with van der Waals surface area (Å²) in [6.07, 6.45) is 4.58. The molecule has 1 heterocycles. The predicted octanol–water partition coefficient (Wildman–Crippen LogP) is 2.14. The number of hydrogen-bond donors (Lipinski definition) is 0. The van der Waals surface area contributed by atoms with Crippen LogP contribution < -0.4 is 0 Å². The standard InChI is InChI=1S/C10H19NOS/c1-3-4-7-11(2)10(12)9-6-5-8-13-9/h9H,3-8H2,1-2H3. The third-order valence-electron chi connectivity index (χ3n) is 2.43. The monoisotopic (exact) mass is 201 g/mol. The fraction of sp³-hybridized carbons (Fsp3) is 0.900. The van der Waals surface area contributed by atoms with Crippen molar-refractivity contribution in [1.29, 1.82) is 0 Å². The maximum Gasteiger partial charge on any atom is 0.235 e. The van der Waals surface area contributed by atoms with E-state index in [-0.39, 0.29) is 5.25 Å². The highest BCUT2D eigenvalue weighted by molar-refractivity contribution is 8.00. The molecule has 1 amide bonds. The van der Waals surface area contributed by atoms with Crippen molar-refractivity contribution in [3.63, 3.8) is 0 Å². The van der Waals surface area contributed by atoms with Crippen molar-refractivity contribution in [3.05, 3.63) is 0 Å². The van der Waals surface area contributed by atoms with Gasteiger partial charge < -0.3 is 4.90 Å². The summed E-state index contributed by atoms with van der Waals surface area (Å²) in [7, 11) is 1.93. The Balaban J connectivity index is 2.28. The minimum atomic E-state index is 0.266. The summed E-state index contributed by atoms with van der Waals surface area (Å²) in [5, 5.41) is 0.266. The second kappa shape index (κ2) is 5.53. The lowest BCUT2D eigenvalue weighted by Gasteiger charge is -2.19. The van der Waals surface area contributed by atoms with Crippen molar-refractivity contribution in [2.75, 3.05) is 19.3 Å². The van der Waals surface area contributed by atoms with Gasteiger partial charge in [0.1, 0.15) is 0 Å². The van der Waals surface area contributed by atoms with Crippen LogP contribution in [0.3, 0.4) is 0 Å². The van der Waals surface area contributed by atoms with Crippen LogP contribution in [0.4, 0.5) is 0 Å². The number of carbonyl (C=O) groups is 1. The van der Waals surface area contributed by atoms with E-state index in [1.807, 2.05) is 23.7 Å². The van der Waals surface area contributed by atoms with Crippen LogP contribution in [0.15, 0.2) is 0 Å². The molecule has 0 aromatic carbocycles. The zero-order valence-electron chi connectivity index (χ0n) is 8.58. The first-order valence-electron chi connectivity index (χ1n) is 5.12. The minimum Gasteiger partial charge on any atom is -0.345 e. The van der Waals surface area contributed by atoms with Crippen LogP contribution in [0.2, 0.25) is 0 Å². The molecule has 1 atom stereocenters. The van der Waals surface area contributed by atoms with Crippen LogP contribution >= 0.6 is 11.8 Å². The molecule has 0 aromatic rings. The number of carbonyl (C=O) groups excluding carboxylic acids is 1. The molecule has 3 heteroatoms. The van der Waals surface area contributed by atoms with Crippen molar-refractivity contribution in [1.82, 2.24) is 4.90 Å². The average Bonchev–Trinajstić information content (AvgIpc) is 2.65. The van der Waals surface area contributed by atoms with Gasteiger partial charge in [0.2, 0.25) is 5.91 Å². The molecule has 0 N–H and O–H groups in total. The molecule has 0 aliphatic carbocycles. The summed E-state index contributed by atoms with van der Waals surface area (Å²) in [4.78, 5) is 13.7. The maximum absolute atomic E-state index is 11.8. The van der Waals surface area contributed by atoms with Crippen LogP contribution in [-0.2, 0) is 4.79 Å². The van der Waals surface area contributed by atoms with Crippen LogP contribution in [0.1, 0.15) is 32.6 Å². The lowest BCUT2D eigenvalue weighted by Crippen LogP contribution is -2.34. The van der Waals surface area contributed by atoms with E-state index in [9.17, 15) is 4.79 Å². The van der Waals surface area contributed by atoms with Crippen LogP contribution in [0, 0.1) is 0 Å². The largest absolute Gasteiger partial charge is 0.345 e. The highest BCUT2D eigenvalue weighted by Gasteiger charge is 2.25. The van der Waals surface area contributed by atoms with Crippen molar-refractivity contribution >= 4 is 17.7 Å². The topological polar surface area (TPSA) is 20.3 Å². The van der Waals surface area contributed by atoms with E-state index in [0.29, 0.717) is 5.91 Å². The number of rotatable bonds is 4. The Kier molecular flexibility index (Phi) is 4.64. The first kappa shape index (κ1) is 10.9. The SMILES string of the molecule is CCCCN(C)C(=O)C1CCCS1. The Morgan fingerprint density at radius 1 is 1.62 bits per heavy atom. The Labute approximate surface area is 85.1 Å². The molecule has 0 bridgehead atoms. The third-order valence-corrected chi connectivity index (χ3v) is 3.79. The predicted molar refractivity (Wildman–Crippen MR) is 58.0 cm³/mol. The Bertz CT molecular complexity index is 166. The van der Waals surface area contributed by atoms with Crippen molar-refractivity contribution in [2.45, 2.75) is 37.9 Å². The molecule has 0 saturated carbocycles. The number of hydrogen-bond acceptors (Lipinski definition) is 2. The molecule has 13 heavy (non-hydrogen) atoms. The first-order chi connectivity index (χ1) is 6.25. The number of amides is 1. The highest BCUT2D eigenvalue weighted by atomic mass is 32.2. The van der Waals surface area contributed by atoms with Crippen molar-refractivity contribution < 1.29 is 4.79 Å². The molecular weight excluding hydrogens is 182 g/mol. The quantitative estimate of drug-likeness (QED) is 0.694. The van der Waals surface area contributed by atoms with Gasteiger partial charge in [-0.1, -0.05) is 13.3 Å². The minimum absolute atomic E-state index is 0.266. The van der Waals surface area contributed by atoms with E-state index in [1.165, 1.54) is 6.42 Å². The van der Waals surface area contributed by atoms with Crippen molar-refractivity contribution in [3.8, 4) is 0 Å². The van der Waals surface area contributed by atoms with E-state index in [0.717, 1.165) is 31.6 Å². The summed E-state index contributed by atoms with van der Waals surface area (Å²) in [5.41, 5.74) is 0. The molecule has 1 fully saturated rings. The normalized spacial score (nSPS) is 21.8. The van der Waals surface area contributed by atoms with Gasteiger partial charge in [-0.05, 0) is 25.0 Å². The number of unbranched alkanes of at least 4 members (excludes halogenated alkanes) is 1. The summed E-state index contributed by atoms with van der Waals surface area (Å²) < 4.78 is 0. The lowest BCUT2D eigenvalue weighted by molar-refractivity contribution is -0.129. The first-order valence-corrected chi connectivity index (χ1v) is 6.17. The molecule has 0 aromatic heterocycles. The Morgan fingerprint density at radius 3 is 2.92 bits per heavy atom. The van der Waals surface area contributed by atoms with E-state index in [1.54, 1.807) is 0 Å². The number of thioether (sulfide) groups is 1. The van der Waals surface area contributed by atoms with Gasteiger partial charge >= 0.3 is 0 Å². The Morgan fingerprint density at radius 2 is 2.38 bits per heavy atom. The van der Waals surface area contributed by atoms with Gasteiger partial charge in [0.25, 0.3) is 0 Å². The van der Waals surface area contributed by atoms with Crippen LogP contribution in [-0.4, -0.2) is 35.4 Å². The Hall–Kier alpha value is -0.180. The molecule has 1 unspecified atom stereocenters. The summed E-state index contributed by atoms with van der Waals surface area (Å²) in [6, 6.07) is 0. The van der Waals surface area contributed by atoms with Gasteiger partial charge in [0.05, 0.1) is 5.25 Å². The molecule has 0 spiro atoms. The fourth-order valence-corrected chi connectivity index (χ4v) is 2.80. The molecular formula is C10H19NOS. The molecule has 1 aliphatic heterocycles. The molecule has 1 aliphatic rings. The smallest absolute Gasteiger partial charge is 0.235 e. The summed E-state index contributed by atoms with van der Waals surface area (Å²) in [5.74, 6) is 1.51. The zero-order valence-corrected chi connectivity index (χ0v) is 9.40. The molecule has 76 valence electrons. The van der Waals surface area contributed by atoms with E-state index < -0.39 is 0 Å². The zero-order chi connectivity index (χ0) is 9.68. The van der Waals surface area contributed by atoms with Crippen molar-refractivity contribution in [2.24, 2.45) is 0 Å². The van der Waals surface area contributed by atoms with Gasteiger partial charge in [-0.25, -0.2) is 0 Å². The second-order valence-corrected chi connectivity index (χ2v) is 4.93. The third kappa shape index (κ3) is 3.22. The van der Waals surface area contributed by atoms with Gasteiger partial charge in [-0.15, -0.1) is 11.8 Å². The van der Waals surface area contributed by atoms with Gasteiger partial charge in [-0.2, -0.15) is 0 Å². The second-order valence-electron chi connectivity index (χ2n) is 3.62. The van der Waals surface area contributed by atoms with Gasteiger partial charge in [0.15, 0.2) is 0 Å². The van der Waals surface area contributed by atoms with E-state index in [4.69, 9.17) is 0 Å². The summed E-state index contributed by atoms with van der Waals surface area (Å²) in [6.45, 7) is 3.08. The van der Waals surface area contributed by atoms with E-state index >= 15 is 0 Å². The average molecular weight is 201 g/mol. The van der Waals surface area contributed by atoms with E-state index in [2.05, 4.69) is 6.92 Å². The molecule has 1 saturated heterocycles. The summed E-state index contributed by atoms with van der Waals surface area (Å²) >= 11 is 1.82. The van der Waals surface area contributed by atoms with Gasteiger partial charge in [-0.3, -0.25) is 4.79 Å². The van der Waals surface area contributed by atoms with Crippen LogP contribution in [0.25, 0.3) is 0 Å². The number of nitrogens with zero attached hydrogens (tertiary/aromatic N) is 1. The highest BCUT2D eigenvalue weighted by Crippen LogP contribution is 2.27.